The molecular weight excluding hydrogens is 302 g/mol. The lowest BCUT2D eigenvalue weighted by atomic mass is 9.85. The molecule has 0 atom stereocenters. The van der Waals surface area contributed by atoms with Crippen molar-refractivity contribution < 1.29 is 14.7 Å². The lowest BCUT2D eigenvalue weighted by Gasteiger charge is -2.42. The summed E-state index contributed by atoms with van der Waals surface area (Å²) in [6.45, 7) is 4.83. The van der Waals surface area contributed by atoms with Gasteiger partial charge in [0, 0.05) is 12.1 Å². The van der Waals surface area contributed by atoms with Gasteiger partial charge in [-0.15, -0.1) is 11.3 Å². The molecule has 1 saturated carbocycles. The van der Waals surface area contributed by atoms with Crippen LogP contribution in [0, 0.1) is 0 Å². The van der Waals surface area contributed by atoms with Crippen molar-refractivity contribution in [1.29, 1.82) is 0 Å². The summed E-state index contributed by atoms with van der Waals surface area (Å²) in [5, 5.41) is 12.9. The predicted octanol–water partition coefficient (Wildman–Crippen LogP) is 1.76. The highest BCUT2D eigenvalue weighted by molar-refractivity contribution is 7.13. The molecule has 0 saturated heterocycles. The zero-order valence-electron chi connectivity index (χ0n) is 13.0. The van der Waals surface area contributed by atoms with Crippen LogP contribution in [0.5, 0.6) is 0 Å². The molecule has 0 aromatic carbocycles. The third-order valence-corrected chi connectivity index (χ3v) is 5.01. The molecule has 122 valence electrons. The number of carboxylic acid groups (broad SMARTS) is 1. The number of aryl methyl sites for hydroxylation is 1. The number of aliphatic carboxylic acids is 1. The maximum absolute atomic E-state index is 12.1. The van der Waals surface area contributed by atoms with E-state index in [-0.39, 0.29) is 24.5 Å². The van der Waals surface area contributed by atoms with E-state index in [1.807, 2.05) is 11.8 Å². The summed E-state index contributed by atoms with van der Waals surface area (Å²) in [5.74, 6) is -0.868. The summed E-state index contributed by atoms with van der Waals surface area (Å²) in [6, 6.07) is 0.389. The molecule has 7 heteroatoms. The maximum atomic E-state index is 12.1. The standard InChI is InChI=1S/C15H23N3O3S/c1-3-5-13-16-8-12(22-13)15(21)17-10-6-11(7-10)18(4-2)9-14(19)20/h8,10-11H,3-7,9H2,1-2H3,(H,17,21)(H,19,20). The Morgan fingerprint density at radius 2 is 2.18 bits per heavy atom. The van der Waals surface area contributed by atoms with Crippen molar-refractivity contribution in [3.8, 4) is 0 Å². The highest BCUT2D eigenvalue weighted by Crippen LogP contribution is 2.26. The fourth-order valence-corrected chi connectivity index (χ4v) is 3.60. The molecule has 6 nitrogen and oxygen atoms in total. The number of likely N-dealkylation sites (N-methyl/N-ethyl adjacent to an activating group) is 1. The van der Waals surface area contributed by atoms with Crippen LogP contribution < -0.4 is 5.32 Å². The van der Waals surface area contributed by atoms with Crippen LogP contribution >= 0.6 is 11.3 Å². The molecule has 1 fully saturated rings. The van der Waals surface area contributed by atoms with Gasteiger partial charge in [-0.25, -0.2) is 4.98 Å². The van der Waals surface area contributed by atoms with Gasteiger partial charge in [-0.1, -0.05) is 13.8 Å². The highest BCUT2D eigenvalue weighted by Gasteiger charge is 2.34. The normalized spacial score (nSPS) is 20.7. The largest absolute Gasteiger partial charge is 0.480 e. The number of rotatable bonds is 8. The molecule has 2 N–H and O–H groups in total. The number of amides is 1. The Labute approximate surface area is 134 Å². The Kier molecular flexibility index (Phi) is 5.90. The van der Waals surface area contributed by atoms with Crippen LogP contribution in [-0.4, -0.2) is 52.0 Å². The van der Waals surface area contributed by atoms with E-state index < -0.39 is 5.97 Å². The average molecular weight is 325 g/mol. The Balaban J connectivity index is 1.78. The topological polar surface area (TPSA) is 82.5 Å². The van der Waals surface area contributed by atoms with Crippen molar-refractivity contribution in [2.45, 2.75) is 51.6 Å². The first kappa shape index (κ1) is 16.9. The second kappa shape index (κ2) is 7.69. The molecule has 0 aliphatic heterocycles. The van der Waals surface area contributed by atoms with Gasteiger partial charge in [-0.3, -0.25) is 14.5 Å². The third-order valence-electron chi connectivity index (χ3n) is 3.95. The number of nitrogens with zero attached hydrogens (tertiary/aromatic N) is 2. The van der Waals surface area contributed by atoms with Crippen LogP contribution in [0.25, 0.3) is 0 Å². The highest BCUT2D eigenvalue weighted by atomic mass is 32.1. The Morgan fingerprint density at radius 3 is 2.77 bits per heavy atom. The molecule has 1 aliphatic rings. The van der Waals surface area contributed by atoms with Gasteiger partial charge in [-0.2, -0.15) is 0 Å². The average Bonchev–Trinajstić information content (AvgIpc) is 2.89. The van der Waals surface area contributed by atoms with Gasteiger partial charge < -0.3 is 10.4 Å². The number of hydrogen-bond donors (Lipinski definition) is 2. The van der Waals surface area contributed by atoms with E-state index in [1.165, 1.54) is 11.3 Å². The number of aromatic nitrogens is 1. The van der Waals surface area contributed by atoms with Crippen molar-refractivity contribution >= 4 is 23.2 Å². The van der Waals surface area contributed by atoms with Crippen LogP contribution in [0.3, 0.4) is 0 Å². The van der Waals surface area contributed by atoms with Crippen LogP contribution in [-0.2, 0) is 11.2 Å². The lowest BCUT2D eigenvalue weighted by Crippen LogP contribution is -2.54. The number of carboxylic acids is 1. The minimum absolute atomic E-state index is 0.0652. The fourth-order valence-electron chi connectivity index (χ4n) is 2.68. The Hall–Kier alpha value is -1.47. The Morgan fingerprint density at radius 1 is 1.45 bits per heavy atom. The Bertz CT molecular complexity index is 526. The number of nitrogens with one attached hydrogen (secondary N) is 1. The van der Waals surface area contributed by atoms with Crippen LogP contribution in [0.1, 0.15) is 47.8 Å². The summed E-state index contributed by atoms with van der Waals surface area (Å²) < 4.78 is 0. The summed E-state index contributed by atoms with van der Waals surface area (Å²) in [4.78, 5) is 29.8. The van der Waals surface area contributed by atoms with Gasteiger partial charge in [0.05, 0.1) is 17.7 Å². The minimum atomic E-state index is -0.803. The quantitative estimate of drug-likeness (QED) is 0.761. The molecule has 1 heterocycles. The molecule has 2 rings (SSSR count). The molecule has 0 radical (unpaired) electrons. The van der Waals surface area contributed by atoms with E-state index in [4.69, 9.17) is 5.11 Å². The second-order valence-electron chi connectivity index (χ2n) is 5.62. The molecule has 0 unspecified atom stereocenters. The molecule has 1 amide bonds. The van der Waals surface area contributed by atoms with Gasteiger partial charge in [0.1, 0.15) is 4.88 Å². The van der Waals surface area contributed by atoms with Crippen LogP contribution in [0.4, 0.5) is 0 Å². The molecule has 0 spiro atoms. The maximum Gasteiger partial charge on any atom is 0.317 e. The van der Waals surface area contributed by atoms with Crippen LogP contribution in [0.15, 0.2) is 6.20 Å². The number of thiazole rings is 1. The van der Waals surface area contributed by atoms with Gasteiger partial charge >= 0.3 is 5.97 Å². The van der Waals surface area contributed by atoms with Crippen molar-refractivity contribution in [2.75, 3.05) is 13.1 Å². The smallest absolute Gasteiger partial charge is 0.317 e. The second-order valence-corrected chi connectivity index (χ2v) is 6.74. The number of carbonyl (C=O) groups excluding carboxylic acids is 1. The molecule has 1 aliphatic carbocycles. The van der Waals surface area contributed by atoms with Crippen molar-refractivity contribution in [2.24, 2.45) is 0 Å². The van der Waals surface area contributed by atoms with E-state index in [9.17, 15) is 9.59 Å². The fraction of sp³-hybridized carbons (Fsp3) is 0.667. The van der Waals surface area contributed by atoms with Crippen molar-refractivity contribution in [1.82, 2.24) is 15.2 Å². The van der Waals surface area contributed by atoms with Crippen molar-refractivity contribution in [3.05, 3.63) is 16.1 Å². The molecular formula is C15H23N3O3S. The van der Waals surface area contributed by atoms with Gasteiger partial charge in [-0.05, 0) is 32.2 Å². The van der Waals surface area contributed by atoms with Crippen LogP contribution in [0.2, 0.25) is 0 Å². The summed E-state index contributed by atoms with van der Waals surface area (Å²) in [6.07, 6.45) is 5.20. The molecule has 1 aromatic heterocycles. The summed E-state index contributed by atoms with van der Waals surface area (Å²) >= 11 is 1.45. The molecule has 22 heavy (non-hydrogen) atoms. The lowest BCUT2D eigenvalue weighted by molar-refractivity contribution is -0.139. The predicted molar refractivity (Wildman–Crippen MR) is 85.3 cm³/mol. The monoisotopic (exact) mass is 325 g/mol. The van der Waals surface area contributed by atoms with E-state index in [2.05, 4.69) is 17.2 Å². The van der Waals surface area contributed by atoms with E-state index >= 15 is 0 Å². The zero-order valence-corrected chi connectivity index (χ0v) is 13.9. The zero-order chi connectivity index (χ0) is 16.1. The van der Waals surface area contributed by atoms with E-state index in [0.29, 0.717) is 11.4 Å². The molecule has 0 bridgehead atoms. The van der Waals surface area contributed by atoms with E-state index in [0.717, 1.165) is 30.7 Å². The van der Waals surface area contributed by atoms with Crippen molar-refractivity contribution in [3.63, 3.8) is 0 Å². The minimum Gasteiger partial charge on any atom is -0.480 e. The van der Waals surface area contributed by atoms with Gasteiger partial charge in [0.2, 0.25) is 0 Å². The summed E-state index contributed by atoms with van der Waals surface area (Å²) in [7, 11) is 0. The number of carbonyl (C=O) groups is 2. The third kappa shape index (κ3) is 4.27. The first-order valence-electron chi connectivity index (χ1n) is 7.74. The molecule has 1 aromatic rings. The first-order chi connectivity index (χ1) is 10.5. The first-order valence-corrected chi connectivity index (χ1v) is 8.56. The van der Waals surface area contributed by atoms with Gasteiger partial charge in [0.25, 0.3) is 5.91 Å². The van der Waals surface area contributed by atoms with E-state index in [1.54, 1.807) is 6.20 Å². The number of hydrogen-bond acceptors (Lipinski definition) is 5. The summed E-state index contributed by atoms with van der Waals surface area (Å²) in [5.41, 5.74) is 0. The SMILES string of the molecule is CCCc1ncc(C(=O)NC2CC(N(CC)CC(=O)O)C2)s1. The van der Waals surface area contributed by atoms with Gasteiger partial charge in [0.15, 0.2) is 0 Å².